The number of amides is 3. The molecule has 8 heteroatoms. The molecule has 0 unspecified atom stereocenters. The normalized spacial score (nSPS) is 19.7. The molecule has 1 aromatic carbocycles. The highest BCUT2D eigenvalue weighted by molar-refractivity contribution is 6.30. The molecular weight excluding hydrogens is 348 g/mol. The van der Waals surface area contributed by atoms with Crippen molar-refractivity contribution in [2.24, 2.45) is 5.92 Å². The summed E-state index contributed by atoms with van der Waals surface area (Å²) in [5.74, 6) is -0.868. The Morgan fingerprint density at radius 1 is 1.08 bits per heavy atom. The molecule has 1 saturated heterocycles. The lowest BCUT2D eigenvalue weighted by Crippen LogP contribution is -2.79. The fourth-order valence-corrected chi connectivity index (χ4v) is 3.12. The number of imide groups is 1. The lowest BCUT2D eigenvalue weighted by molar-refractivity contribution is -0.210. The van der Waals surface area contributed by atoms with Gasteiger partial charge in [-0.05, 0) is 37.5 Å². The zero-order valence-electron chi connectivity index (χ0n) is 14.6. The summed E-state index contributed by atoms with van der Waals surface area (Å²) >= 11 is 5.93. The second kappa shape index (κ2) is 7.31. The van der Waals surface area contributed by atoms with E-state index in [1.54, 1.807) is 52.0 Å². The van der Waals surface area contributed by atoms with Crippen molar-refractivity contribution in [1.82, 2.24) is 10.0 Å². The first kappa shape index (κ1) is 19.1. The molecule has 1 aliphatic rings. The number of hydrogen-bond donors (Lipinski definition) is 0. The van der Waals surface area contributed by atoms with E-state index in [2.05, 4.69) is 0 Å². The van der Waals surface area contributed by atoms with Crippen LogP contribution < -0.4 is 0 Å². The Kier molecular flexibility index (Phi) is 5.57. The number of hydrazine groups is 1. The maximum atomic E-state index is 13.0. The van der Waals surface area contributed by atoms with Gasteiger partial charge in [-0.15, -0.1) is 5.01 Å². The number of nitrogens with zero attached hydrogens (tertiary/aromatic N) is 2. The maximum absolute atomic E-state index is 13.0. The van der Waals surface area contributed by atoms with Crippen molar-refractivity contribution >= 4 is 29.7 Å². The highest BCUT2D eigenvalue weighted by Gasteiger charge is 2.67. The van der Waals surface area contributed by atoms with Crippen LogP contribution in [0.1, 0.15) is 33.3 Å². The molecule has 0 aliphatic carbocycles. The van der Waals surface area contributed by atoms with Crippen molar-refractivity contribution in [3.8, 4) is 0 Å². The minimum atomic E-state index is -1.36. The summed E-state index contributed by atoms with van der Waals surface area (Å²) in [6.45, 7) is 7.03. The number of hydrogen-bond acceptors (Lipinski definition) is 5. The lowest BCUT2D eigenvalue weighted by Gasteiger charge is -2.56. The van der Waals surface area contributed by atoms with E-state index in [9.17, 15) is 14.4 Å². The molecular formula is C17H21ClN2O5. The van der Waals surface area contributed by atoms with Gasteiger partial charge in [-0.1, -0.05) is 37.6 Å². The Bertz CT molecular complexity index is 676. The molecule has 0 bridgehead atoms. The Balaban J connectivity index is 2.56. The highest BCUT2D eigenvalue weighted by Crippen LogP contribution is 2.47. The van der Waals surface area contributed by atoms with Crippen LogP contribution in [0.2, 0.25) is 5.02 Å². The summed E-state index contributed by atoms with van der Waals surface area (Å²) in [6.07, 6.45) is -1.70. The van der Waals surface area contributed by atoms with Crippen LogP contribution in [0.4, 0.5) is 9.59 Å². The van der Waals surface area contributed by atoms with Crippen LogP contribution in [0.15, 0.2) is 24.3 Å². The van der Waals surface area contributed by atoms with Crippen LogP contribution >= 0.6 is 11.6 Å². The first-order valence-electron chi connectivity index (χ1n) is 8.06. The summed E-state index contributed by atoms with van der Waals surface area (Å²) in [4.78, 5) is 37.7. The van der Waals surface area contributed by atoms with Gasteiger partial charge in [-0.3, -0.25) is 4.79 Å². The molecule has 2 rings (SSSR count). The predicted octanol–water partition coefficient (Wildman–Crippen LogP) is 3.56. The van der Waals surface area contributed by atoms with E-state index in [4.69, 9.17) is 21.1 Å². The van der Waals surface area contributed by atoms with Crippen LogP contribution in [-0.2, 0) is 19.8 Å². The van der Waals surface area contributed by atoms with E-state index < -0.39 is 23.6 Å². The molecule has 136 valence electrons. The number of halogens is 1. The van der Waals surface area contributed by atoms with E-state index in [1.807, 2.05) is 0 Å². The molecule has 1 heterocycles. The zero-order chi connectivity index (χ0) is 18.8. The van der Waals surface area contributed by atoms with Crippen molar-refractivity contribution in [2.75, 3.05) is 13.2 Å². The summed E-state index contributed by atoms with van der Waals surface area (Å²) in [5.41, 5.74) is -0.811. The Hall–Kier alpha value is -2.28. The zero-order valence-corrected chi connectivity index (χ0v) is 15.4. The first-order chi connectivity index (χ1) is 11.8. The van der Waals surface area contributed by atoms with Crippen LogP contribution in [-0.4, -0.2) is 41.3 Å². The Morgan fingerprint density at radius 3 is 2.08 bits per heavy atom. The van der Waals surface area contributed by atoms with E-state index in [1.165, 1.54) is 0 Å². The van der Waals surface area contributed by atoms with Gasteiger partial charge in [-0.25, -0.2) is 9.59 Å². The van der Waals surface area contributed by atoms with Crippen molar-refractivity contribution in [1.29, 1.82) is 0 Å². The van der Waals surface area contributed by atoms with Gasteiger partial charge in [0.1, 0.15) is 0 Å². The molecule has 0 N–H and O–H groups in total. The van der Waals surface area contributed by atoms with Crippen molar-refractivity contribution < 1.29 is 23.9 Å². The van der Waals surface area contributed by atoms with Crippen LogP contribution in [0, 0.1) is 5.92 Å². The smallest absolute Gasteiger partial charge is 0.436 e. The quantitative estimate of drug-likeness (QED) is 0.812. The van der Waals surface area contributed by atoms with Gasteiger partial charge < -0.3 is 9.47 Å². The molecule has 0 saturated carbocycles. The highest BCUT2D eigenvalue weighted by atomic mass is 35.5. The lowest BCUT2D eigenvalue weighted by atomic mass is 9.75. The summed E-state index contributed by atoms with van der Waals surface area (Å²) in [5, 5.41) is 2.22. The predicted molar refractivity (Wildman–Crippen MR) is 90.7 cm³/mol. The topological polar surface area (TPSA) is 76.2 Å². The molecule has 0 aromatic heterocycles. The second-order valence-electron chi connectivity index (χ2n) is 5.75. The average Bonchev–Trinajstić information content (AvgIpc) is 2.54. The third-order valence-corrected chi connectivity index (χ3v) is 4.31. The Labute approximate surface area is 151 Å². The average molecular weight is 369 g/mol. The molecule has 25 heavy (non-hydrogen) atoms. The van der Waals surface area contributed by atoms with Crippen molar-refractivity contribution in [3.05, 3.63) is 34.9 Å². The minimum Gasteiger partial charge on any atom is -0.448 e. The number of carbonyl (C=O) groups is 3. The maximum Gasteiger partial charge on any atom is 0.436 e. The number of carbonyl (C=O) groups excluding carboxylic acids is 3. The van der Waals surface area contributed by atoms with Crippen LogP contribution in [0.25, 0.3) is 0 Å². The number of rotatable bonds is 4. The summed E-state index contributed by atoms with van der Waals surface area (Å²) < 4.78 is 9.96. The summed E-state index contributed by atoms with van der Waals surface area (Å²) in [7, 11) is 0. The second-order valence-corrected chi connectivity index (χ2v) is 6.19. The molecule has 1 aliphatic heterocycles. The van der Waals surface area contributed by atoms with Crippen molar-refractivity contribution in [3.63, 3.8) is 0 Å². The third-order valence-electron chi connectivity index (χ3n) is 4.05. The van der Waals surface area contributed by atoms with Gasteiger partial charge >= 0.3 is 12.2 Å². The molecule has 1 atom stereocenters. The minimum absolute atomic E-state index is 0.0783. The fraction of sp³-hybridized carbons (Fsp3) is 0.471. The van der Waals surface area contributed by atoms with Gasteiger partial charge in [-0.2, -0.15) is 5.01 Å². The molecule has 0 radical (unpaired) electrons. The first-order valence-corrected chi connectivity index (χ1v) is 8.44. The fourth-order valence-electron chi connectivity index (χ4n) is 2.99. The van der Waals surface area contributed by atoms with E-state index in [-0.39, 0.29) is 19.1 Å². The van der Waals surface area contributed by atoms with E-state index in [0.717, 1.165) is 5.01 Å². The number of ether oxygens (including phenoxy) is 2. The molecule has 0 spiro atoms. The molecule has 7 nitrogen and oxygen atoms in total. The Morgan fingerprint density at radius 2 is 1.60 bits per heavy atom. The molecule has 1 fully saturated rings. The monoisotopic (exact) mass is 368 g/mol. The van der Waals surface area contributed by atoms with Gasteiger partial charge in [0.2, 0.25) is 0 Å². The molecule has 3 amide bonds. The molecule has 1 aromatic rings. The van der Waals surface area contributed by atoms with E-state index in [0.29, 0.717) is 15.6 Å². The van der Waals surface area contributed by atoms with Crippen LogP contribution in [0.5, 0.6) is 0 Å². The SMILES string of the molecule is CCOC(=O)N1C(=O)[C@@](c2ccc(Cl)cc2)(C(C)C)N1C(=O)OCC. The van der Waals surface area contributed by atoms with E-state index >= 15 is 0 Å². The largest absolute Gasteiger partial charge is 0.448 e. The number of benzene rings is 1. The third kappa shape index (κ3) is 2.93. The van der Waals surface area contributed by atoms with Gasteiger partial charge in [0, 0.05) is 5.02 Å². The standard InChI is InChI=1S/C17H21ClN2O5/c1-5-24-15(22)19-14(21)17(11(3)4,20(19)16(23)25-6-2)12-7-9-13(18)10-8-12/h7-11H,5-6H2,1-4H3/t17-/m0/s1. The van der Waals surface area contributed by atoms with Crippen molar-refractivity contribution in [2.45, 2.75) is 33.2 Å². The van der Waals surface area contributed by atoms with Gasteiger partial charge in [0.05, 0.1) is 13.2 Å². The van der Waals surface area contributed by atoms with Crippen LogP contribution in [0.3, 0.4) is 0 Å². The summed E-state index contributed by atoms with van der Waals surface area (Å²) in [6, 6.07) is 6.58. The van der Waals surface area contributed by atoms with Gasteiger partial charge in [0.25, 0.3) is 5.91 Å². The van der Waals surface area contributed by atoms with Gasteiger partial charge in [0.15, 0.2) is 5.54 Å².